The SMILES string of the molecule is CC(C)C(NC(=O)CNC(=O)C(CCCN=C(N)N)NC(=O)C(N)Cc1ccc(O)cc1)C(=O)O. The van der Waals surface area contributed by atoms with E-state index in [1.54, 1.807) is 26.0 Å². The highest BCUT2D eigenvalue weighted by atomic mass is 16.4. The standard InChI is InChI=1S/C22H35N7O6/c1-12(2)18(21(34)35)29-17(31)11-27-20(33)16(4-3-9-26-22(24)25)28-19(32)15(23)10-13-5-7-14(30)8-6-13/h5-8,12,15-16,18,30H,3-4,9-11,23H2,1-2H3,(H,27,33)(H,28,32)(H,29,31)(H,34,35)(H4,24,25,26). The Bertz CT molecular complexity index is 900. The molecular formula is C22H35N7O6. The summed E-state index contributed by atoms with van der Waals surface area (Å²) >= 11 is 0. The van der Waals surface area contributed by atoms with Crippen molar-refractivity contribution in [2.24, 2.45) is 28.1 Å². The highest BCUT2D eigenvalue weighted by molar-refractivity contribution is 5.92. The predicted molar refractivity (Wildman–Crippen MR) is 129 cm³/mol. The molecule has 13 nitrogen and oxygen atoms in total. The van der Waals surface area contributed by atoms with E-state index in [2.05, 4.69) is 20.9 Å². The number of carboxylic acids is 1. The van der Waals surface area contributed by atoms with E-state index < -0.39 is 48.4 Å². The number of carbonyl (C=O) groups excluding carboxylic acids is 3. The Morgan fingerprint density at radius 3 is 2.20 bits per heavy atom. The fraction of sp³-hybridized carbons (Fsp3) is 0.500. The van der Waals surface area contributed by atoms with Crippen LogP contribution in [0.2, 0.25) is 0 Å². The lowest BCUT2D eigenvalue weighted by atomic mass is 10.0. The molecule has 13 heteroatoms. The largest absolute Gasteiger partial charge is 0.508 e. The minimum atomic E-state index is -1.19. The van der Waals surface area contributed by atoms with E-state index in [1.165, 1.54) is 12.1 Å². The number of hydrogen-bond acceptors (Lipinski definition) is 7. The van der Waals surface area contributed by atoms with Crippen molar-refractivity contribution >= 4 is 29.7 Å². The first kappa shape index (κ1) is 29.2. The Labute approximate surface area is 203 Å². The van der Waals surface area contributed by atoms with Gasteiger partial charge >= 0.3 is 5.97 Å². The minimum absolute atomic E-state index is 0.0800. The molecule has 0 aliphatic rings. The molecule has 0 spiro atoms. The number of nitrogens with zero attached hydrogens (tertiary/aromatic N) is 1. The van der Waals surface area contributed by atoms with Gasteiger partial charge in [-0.25, -0.2) is 4.79 Å². The zero-order chi connectivity index (χ0) is 26.5. The van der Waals surface area contributed by atoms with Crippen molar-refractivity contribution < 1.29 is 29.4 Å². The molecule has 1 aromatic rings. The van der Waals surface area contributed by atoms with Gasteiger partial charge in [0.1, 0.15) is 17.8 Å². The van der Waals surface area contributed by atoms with Gasteiger partial charge < -0.3 is 43.4 Å². The number of aliphatic carboxylic acids is 1. The van der Waals surface area contributed by atoms with Gasteiger partial charge in [-0.15, -0.1) is 0 Å². The van der Waals surface area contributed by atoms with Crippen LogP contribution in [0.4, 0.5) is 0 Å². The van der Waals surface area contributed by atoms with Gasteiger partial charge in [0.25, 0.3) is 0 Å². The normalized spacial score (nSPS) is 13.3. The van der Waals surface area contributed by atoms with E-state index >= 15 is 0 Å². The highest BCUT2D eigenvalue weighted by Crippen LogP contribution is 2.11. The maximum atomic E-state index is 12.7. The number of carboxylic acid groups (broad SMARTS) is 1. The molecule has 194 valence electrons. The number of phenolic OH excluding ortho intramolecular Hbond substituents is 1. The fourth-order valence-electron chi connectivity index (χ4n) is 3.06. The van der Waals surface area contributed by atoms with E-state index in [1.807, 2.05) is 0 Å². The van der Waals surface area contributed by atoms with Crippen molar-refractivity contribution in [1.29, 1.82) is 0 Å². The molecule has 3 amide bonds. The van der Waals surface area contributed by atoms with Gasteiger partial charge in [-0.3, -0.25) is 19.4 Å². The summed E-state index contributed by atoms with van der Waals surface area (Å²) in [7, 11) is 0. The number of aliphatic imine (C=N–C) groups is 1. The van der Waals surface area contributed by atoms with Crippen molar-refractivity contribution in [3.8, 4) is 5.75 Å². The van der Waals surface area contributed by atoms with Crippen LogP contribution >= 0.6 is 0 Å². The summed E-state index contributed by atoms with van der Waals surface area (Å²) in [6.07, 6.45) is 0.679. The van der Waals surface area contributed by atoms with Crippen molar-refractivity contribution in [1.82, 2.24) is 16.0 Å². The Balaban J connectivity index is 2.76. The van der Waals surface area contributed by atoms with E-state index in [4.69, 9.17) is 17.2 Å². The predicted octanol–water partition coefficient (Wildman–Crippen LogP) is -1.86. The van der Waals surface area contributed by atoms with E-state index in [-0.39, 0.29) is 37.0 Å². The van der Waals surface area contributed by atoms with Crippen LogP contribution in [0.25, 0.3) is 0 Å². The van der Waals surface area contributed by atoms with Crippen molar-refractivity contribution in [3.05, 3.63) is 29.8 Å². The van der Waals surface area contributed by atoms with Gasteiger partial charge in [0.05, 0.1) is 12.6 Å². The first-order valence-corrected chi connectivity index (χ1v) is 11.1. The van der Waals surface area contributed by atoms with Crippen LogP contribution in [0.5, 0.6) is 5.75 Å². The van der Waals surface area contributed by atoms with Crippen molar-refractivity contribution in [2.45, 2.75) is 51.2 Å². The lowest BCUT2D eigenvalue weighted by molar-refractivity contribution is -0.143. The van der Waals surface area contributed by atoms with Gasteiger partial charge in [0.2, 0.25) is 17.7 Å². The first-order valence-electron chi connectivity index (χ1n) is 11.1. The monoisotopic (exact) mass is 493 g/mol. The second kappa shape index (κ2) is 14.4. The Morgan fingerprint density at radius 2 is 1.66 bits per heavy atom. The Kier molecular flexibility index (Phi) is 12.0. The molecule has 0 fully saturated rings. The second-order valence-corrected chi connectivity index (χ2v) is 8.33. The summed E-state index contributed by atoms with van der Waals surface area (Å²) in [5.41, 5.74) is 17.3. The molecule has 35 heavy (non-hydrogen) atoms. The average Bonchev–Trinajstić information content (AvgIpc) is 2.78. The third-order valence-electron chi connectivity index (χ3n) is 4.98. The van der Waals surface area contributed by atoms with Crippen LogP contribution in [0.15, 0.2) is 29.3 Å². The van der Waals surface area contributed by atoms with E-state index in [9.17, 15) is 29.4 Å². The highest BCUT2D eigenvalue weighted by Gasteiger charge is 2.26. The molecule has 11 N–H and O–H groups in total. The van der Waals surface area contributed by atoms with E-state index in [0.717, 1.165) is 0 Å². The van der Waals surface area contributed by atoms with Gasteiger partial charge in [-0.1, -0.05) is 26.0 Å². The number of nitrogens with two attached hydrogens (primary N) is 3. The molecule has 0 aliphatic heterocycles. The molecular weight excluding hydrogens is 458 g/mol. The fourth-order valence-corrected chi connectivity index (χ4v) is 3.06. The summed E-state index contributed by atoms with van der Waals surface area (Å²) in [5, 5.41) is 25.9. The van der Waals surface area contributed by atoms with Crippen LogP contribution in [-0.2, 0) is 25.6 Å². The second-order valence-electron chi connectivity index (χ2n) is 8.33. The molecule has 1 aromatic carbocycles. The van der Waals surface area contributed by atoms with Gasteiger partial charge in [0, 0.05) is 6.54 Å². The Morgan fingerprint density at radius 1 is 1.03 bits per heavy atom. The molecule has 0 bridgehead atoms. The van der Waals surface area contributed by atoms with Crippen molar-refractivity contribution in [3.63, 3.8) is 0 Å². The number of carbonyl (C=O) groups is 4. The van der Waals surface area contributed by atoms with Gasteiger partial charge in [-0.2, -0.15) is 0 Å². The summed E-state index contributed by atoms with van der Waals surface area (Å²) in [5.74, 6) is -3.50. The van der Waals surface area contributed by atoms with Crippen LogP contribution in [0, 0.1) is 5.92 Å². The van der Waals surface area contributed by atoms with Crippen LogP contribution in [0.3, 0.4) is 0 Å². The summed E-state index contributed by atoms with van der Waals surface area (Å²) in [4.78, 5) is 52.5. The topological polar surface area (TPSA) is 235 Å². The lowest BCUT2D eigenvalue weighted by Gasteiger charge is -2.21. The number of aromatic hydroxyl groups is 1. The zero-order valence-corrected chi connectivity index (χ0v) is 19.9. The molecule has 0 saturated carbocycles. The molecule has 0 aromatic heterocycles. The van der Waals surface area contributed by atoms with Crippen LogP contribution in [-0.4, -0.2) is 71.1 Å². The average molecular weight is 494 g/mol. The Hall–Kier alpha value is -3.87. The first-order chi connectivity index (χ1) is 16.4. The van der Waals surface area contributed by atoms with Crippen molar-refractivity contribution in [2.75, 3.05) is 13.1 Å². The number of phenols is 1. The molecule has 0 heterocycles. The number of guanidine groups is 1. The van der Waals surface area contributed by atoms with Crippen LogP contribution < -0.4 is 33.2 Å². The third kappa shape index (κ3) is 11.2. The third-order valence-corrected chi connectivity index (χ3v) is 4.98. The minimum Gasteiger partial charge on any atom is -0.508 e. The molecule has 0 radical (unpaired) electrons. The number of hydrogen-bond donors (Lipinski definition) is 8. The summed E-state index contributed by atoms with van der Waals surface area (Å²) in [6.45, 7) is 3.02. The van der Waals surface area contributed by atoms with E-state index in [0.29, 0.717) is 12.0 Å². The lowest BCUT2D eigenvalue weighted by Crippen LogP contribution is -2.54. The quantitative estimate of drug-likeness (QED) is 0.0823. The molecule has 3 unspecified atom stereocenters. The van der Waals surface area contributed by atoms with Gasteiger partial charge in [0.15, 0.2) is 5.96 Å². The maximum absolute atomic E-state index is 12.7. The number of rotatable bonds is 14. The van der Waals surface area contributed by atoms with Crippen LogP contribution in [0.1, 0.15) is 32.3 Å². The summed E-state index contributed by atoms with van der Waals surface area (Å²) in [6, 6.07) is 3.09. The maximum Gasteiger partial charge on any atom is 0.326 e. The molecule has 0 saturated heterocycles. The van der Waals surface area contributed by atoms with Gasteiger partial charge in [-0.05, 0) is 42.9 Å². The molecule has 3 atom stereocenters. The zero-order valence-electron chi connectivity index (χ0n) is 19.9. The number of amides is 3. The number of nitrogens with one attached hydrogen (secondary N) is 3. The summed E-state index contributed by atoms with van der Waals surface area (Å²) < 4.78 is 0. The molecule has 1 rings (SSSR count). The smallest absolute Gasteiger partial charge is 0.326 e. The molecule has 0 aliphatic carbocycles. The number of benzene rings is 1.